The van der Waals surface area contributed by atoms with Crippen LogP contribution in [-0.2, 0) is 5.41 Å². The van der Waals surface area contributed by atoms with E-state index in [1.54, 1.807) is 18.2 Å². The van der Waals surface area contributed by atoms with Gasteiger partial charge >= 0.3 is 0 Å². The molecule has 0 aliphatic heterocycles. The van der Waals surface area contributed by atoms with Crippen molar-refractivity contribution < 1.29 is 13.2 Å². The molecule has 0 heterocycles. The van der Waals surface area contributed by atoms with E-state index in [-0.39, 0.29) is 0 Å². The lowest BCUT2D eigenvalue weighted by molar-refractivity contribution is 0.0438. The van der Waals surface area contributed by atoms with Gasteiger partial charge in [-0.25, -0.2) is 13.2 Å². The van der Waals surface area contributed by atoms with Crippen molar-refractivity contribution in [3.63, 3.8) is 0 Å². The number of benzene rings is 1. The fourth-order valence-electron chi connectivity index (χ4n) is 1.08. The molecular formula is C10H11F3. The van der Waals surface area contributed by atoms with Gasteiger partial charge in [-0.05, 0) is 12.5 Å². The quantitative estimate of drug-likeness (QED) is 0.683. The SMILES string of the molecule is CC(CF)(c1ccccc1)C(F)F. The summed E-state index contributed by atoms with van der Waals surface area (Å²) >= 11 is 0. The molecule has 0 amide bonds. The first-order valence-electron chi connectivity index (χ1n) is 4.01. The van der Waals surface area contributed by atoms with Gasteiger partial charge < -0.3 is 0 Å². The maximum absolute atomic E-state index is 12.5. The first-order chi connectivity index (χ1) is 6.11. The van der Waals surface area contributed by atoms with Crippen LogP contribution in [0.4, 0.5) is 13.2 Å². The molecule has 0 saturated carbocycles. The highest BCUT2D eigenvalue weighted by Gasteiger charge is 2.36. The highest BCUT2D eigenvalue weighted by molar-refractivity contribution is 5.25. The molecule has 1 aromatic rings. The Labute approximate surface area is 75.4 Å². The number of hydrogen-bond acceptors (Lipinski definition) is 0. The molecule has 0 saturated heterocycles. The molecule has 0 aromatic heterocycles. The largest absolute Gasteiger partial charge is 0.250 e. The standard InChI is InChI=1S/C10H11F3/c1-10(7-11,9(12)13)8-5-3-2-4-6-8/h2-6,9H,7H2,1H3. The van der Waals surface area contributed by atoms with Crippen molar-refractivity contribution in [2.75, 3.05) is 6.67 Å². The van der Waals surface area contributed by atoms with Crippen LogP contribution in [0.15, 0.2) is 30.3 Å². The van der Waals surface area contributed by atoms with Gasteiger partial charge in [0.05, 0.1) is 5.41 Å². The maximum Gasteiger partial charge on any atom is 0.250 e. The van der Waals surface area contributed by atoms with E-state index >= 15 is 0 Å². The zero-order chi connectivity index (χ0) is 9.90. The zero-order valence-electron chi connectivity index (χ0n) is 7.31. The van der Waals surface area contributed by atoms with Crippen LogP contribution in [0.1, 0.15) is 12.5 Å². The van der Waals surface area contributed by atoms with Crippen LogP contribution >= 0.6 is 0 Å². The topological polar surface area (TPSA) is 0 Å². The molecule has 1 aromatic carbocycles. The van der Waals surface area contributed by atoms with E-state index in [2.05, 4.69) is 0 Å². The third-order valence-electron chi connectivity index (χ3n) is 2.19. The molecule has 0 radical (unpaired) electrons. The van der Waals surface area contributed by atoms with Crippen molar-refractivity contribution in [2.45, 2.75) is 18.8 Å². The molecule has 3 heteroatoms. The summed E-state index contributed by atoms with van der Waals surface area (Å²) in [6.45, 7) is 0.182. The number of alkyl halides is 3. The molecule has 0 fully saturated rings. The molecule has 72 valence electrons. The van der Waals surface area contributed by atoms with Crippen LogP contribution < -0.4 is 0 Å². The van der Waals surface area contributed by atoms with Crippen LogP contribution in [-0.4, -0.2) is 13.1 Å². The van der Waals surface area contributed by atoms with E-state index in [1.165, 1.54) is 19.1 Å². The highest BCUT2D eigenvalue weighted by Crippen LogP contribution is 2.30. The number of halogens is 3. The first-order valence-corrected chi connectivity index (χ1v) is 4.01. The van der Waals surface area contributed by atoms with Gasteiger partial charge in [0.1, 0.15) is 6.67 Å². The van der Waals surface area contributed by atoms with Gasteiger partial charge in [0, 0.05) is 0 Å². The third kappa shape index (κ3) is 1.85. The van der Waals surface area contributed by atoms with Crippen molar-refractivity contribution in [3.05, 3.63) is 35.9 Å². The van der Waals surface area contributed by atoms with Gasteiger partial charge in [-0.3, -0.25) is 0 Å². The average Bonchev–Trinajstić information content (AvgIpc) is 2.17. The number of rotatable bonds is 3. The fraction of sp³-hybridized carbons (Fsp3) is 0.400. The van der Waals surface area contributed by atoms with Crippen LogP contribution in [0.25, 0.3) is 0 Å². The second-order valence-corrected chi connectivity index (χ2v) is 3.22. The molecule has 0 aliphatic carbocycles. The molecule has 1 rings (SSSR count). The monoisotopic (exact) mass is 188 g/mol. The van der Waals surface area contributed by atoms with Gasteiger partial charge in [-0.1, -0.05) is 30.3 Å². The summed E-state index contributed by atoms with van der Waals surface area (Å²) in [5, 5.41) is 0. The van der Waals surface area contributed by atoms with Gasteiger partial charge in [-0.15, -0.1) is 0 Å². The average molecular weight is 188 g/mol. The fourth-order valence-corrected chi connectivity index (χ4v) is 1.08. The van der Waals surface area contributed by atoms with Crippen molar-refractivity contribution >= 4 is 0 Å². The molecule has 0 nitrogen and oxygen atoms in total. The molecule has 13 heavy (non-hydrogen) atoms. The predicted molar refractivity (Wildman–Crippen MR) is 45.8 cm³/mol. The maximum atomic E-state index is 12.5. The smallest absolute Gasteiger partial charge is 0.250 e. The van der Waals surface area contributed by atoms with Gasteiger partial charge in [0.2, 0.25) is 6.43 Å². The lowest BCUT2D eigenvalue weighted by Gasteiger charge is -2.25. The first kappa shape index (κ1) is 10.1. The minimum Gasteiger partial charge on any atom is -0.250 e. The van der Waals surface area contributed by atoms with Gasteiger partial charge in [0.25, 0.3) is 0 Å². The minimum atomic E-state index is -2.68. The Morgan fingerprint density at radius 1 is 1.23 bits per heavy atom. The van der Waals surface area contributed by atoms with Crippen molar-refractivity contribution in [1.29, 1.82) is 0 Å². The zero-order valence-corrected chi connectivity index (χ0v) is 7.31. The van der Waals surface area contributed by atoms with E-state index in [0.717, 1.165) is 0 Å². The summed E-state index contributed by atoms with van der Waals surface area (Å²) in [4.78, 5) is 0. The van der Waals surface area contributed by atoms with E-state index in [0.29, 0.717) is 5.56 Å². The lowest BCUT2D eigenvalue weighted by atomic mass is 9.84. The highest BCUT2D eigenvalue weighted by atomic mass is 19.3. The second-order valence-electron chi connectivity index (χ2n) is 3.22. The molecule has 1 unspecified atom stereocenters. The van der Waals surface area contributed by atoms with E-state index in [4.69, 9.17) is 0 Å². The molecule has 0 spiro atoms. The third-order valence-corrected chi connectivity index (χ3v) is 2.19. The molecule has 1 atom stereocenters. The number of hydrogen-bond donors (Lipinski definition) is 0. The Morgan fingerprint density at radius 3 is 2.15 bits per heavy atom. The summed E-state index contributed by atoms with van der Waals surface area (Å²) in [6, 6.07) is 8.02. The van der Waals surface area contributed by atoms with E-state index in [1.807, 2.05) is 0 Å². The Bertz CT molecular complexity index is 258. The van der Waals surface area contributed by atoms with Gasteiger partial charge in [0.15, 0.2) is 0 Å². The van der Waals surface area contributed by atoms with E-state index in [9.17, 15) is 13.2 Å². The van der Waals surface area contributed by atoms with Crippen molar-refractivity contribution in [3.8, 4) is 0 Å². The van der Waals surface area contributed by atoms with Gasteiger partial charge in [-0.2, -0.15) is 0 Å². The predicted octanol–water partition coefficient (Wildman–Crippen LogP) is 3.18. The molecule has 0 aliphatic rings. The second kappa shape index (κ2) is 3.81. The summed E-state index contributed by atoms with van der Waals surface area (Å²) < 4.78 is 37.6. The Hall–Kier alpha value is -0.990. The molecule has 0 bridgehead atoms. The normalized spacial score (nSPS) is 15.8. The van der Waals surface area contributed by atoms with Crippen molar-refractivity contribution in [1.82, 2.24) is 0 Å². The van der Waals surface area contributed by atoms with Crippen LogP contribution in [0, 0.1) is 0 Å². The summed E-state index contributed by atoms with van der Waals surface area (Å²) in [6.07, 6.45) is -2.68. The molecular weight excluding hydrogens is 177 g/mol. The Kier molecular flexibility index (Phi) is 2.96. The minimum absolute atomic E-state index is 0.340. The summed E-state index contributed by atoms with van der Waals surface area (Å²) in [5.41, 5.74) is -1.33. The lowest BCUT2D eigenvalue weighted by Crippen LogP contribution is -2.33. The Morgan fingerprint density at radius 2 is 1.77 bits per heavy atom. The van der Waals surface area contributed by atoms with Crippen LogP contribution in [0.3, 0.4) is 0 Å². The Balaban J connectivity index is 3.03. The molecule has 0 N–H and O–H groups in total. The van der Waals surface area contributed by atoms with Crippen LogP contribution in [0.2, 0.25) is 0 Å². The van der Waals surface area contributed by atoms with Crippen molar-refractivity contribution in [2.24, 2.45) is 0 Å². The summed E-state index contributed by atoms with van der Waals surface area (Å²) in [5.74, 6) is 0. The van der Waals surface area contributed by atoms with Crippen LogP contribution in [0.5, 0.6) is 0 Å². The summed E-state index contributed by atoms with van der Waals surface area (Å²) in [7, 11) is 0. The van der Waals surface area contributed by atoms with E-state index < -0.39 is 18.5 Å².